The van der Waals surface area contributed by atoms with Crippen molar-refractivity contribution in [3.8, 4) is 0 Å². The summed E-state index contributed by atoms with van der Waals surface area (Å²) in [6.45, 7) is 9.05. The Morgan fingerprint density at radius 1 is 1.41 bits per heavy atom. The molecule has 0 radical (unpaired) electrons. The van der Waals surface area contributed by atoms with Crippen LogP contribution in [0.25, 0.3) is 0 Å². The summed E-state index contributed by atoms with van der Waals surface area (Å²) in [5.41, 5.74) is 2.55. The zero-order chi connectivity index (χ0) is 12.8. The molecule has 0 aliphatic heterocycles. The van der Waals surface area contributed by atoms with E-state index in [1.165, 1.54) is 0 Å². The van der Waals surface area contributed by atoms with Gasteiger partial charge in [0.1, 0.15) is 0 Å². The summed E-state index contributed by atoms with van der Waals surface area (Å²) in [6, 6.07) is 7.54. The van der Waals surface area contributed by atoms with Crippen LogP contribution in [-0.2, 0) is 0 Å². The molecule has 0 aliphatic rings. The standard InChI is InChI=1S/C14H20N2O/c1-5-16(10-11(2)3)14(17)12-8-6-7-9-13(12)15-4/h6-9,15H,2,5,10H2,1,3-4H3. The monoisotopic (exact) mass is 232 g/mol. The fourth-order valence-corrected chi connectivity index (χ4v) is 1.71. The molecule has 0 heterocycles. The summed E-state index contributed by atoms with van der Waals surface area (Å²) < 4.78 is 0. The Labute approximate surface area is 103 Å². The number of amides is 1. The summed E-state index contributed by atoms with van der Waals surface area (Å²) in [5, 5.41) is 3.04. The number of carbonyl (C=O) groups is 1. The number of hydrogen-bond donors (Lipinski definition) is 1. The van der Waals surface area contributed by atoms with Crippen LogP contribution in [0, 0.1) is 0 Å². The first-order valence-electron chi connectivity index (χ1n) is 5.80. The molecule has 92 valence electrons. The third-order valence-corrected chi connectivity index (χ3v) is 2.56. The van der Waals surface area contributed by atoms with Crippen molar-refractivity contribution in [3.05, 3.63) is 42.0 Å². The van der Waals surface area contributed by atoms with E-state index >= 15 is 0 Å². The quantitative estimate of drug-likeness (QED) is 0.792. The molecular formula is C14H20N2O. The number of para-hydroxylation sites is 1. The molecule has 0 fully saturated rings. The van der Waals surface area contributed by atoms with Crippen molar-refractivity contribution in [1.29, 1.82) is 0 Å². The topological polar surface area (TPSA) is 32.3 Å². The highest BCUT2D eigenvalue weighted by Gasteiger charge is 2.16. The molecule has 0 spiro atoms. The summed E-state index contributed by atoms with van der Waals surface area (Å²) in [7, 11) is 1.82. The van der Waals surface area contributed by atoms with E-state index in [-0.39, 0.29) is 5.91 Å². The van der Waals surface area contributed by atoms with Crippen LogP contribution < -0.4 is 5.32 Å². The predicted molar refractivity (Wildman–Crippen MR) is 72.4 cm³/mol. The summed E-state index contributed by atoms with van der Waals surface area (Å²) in [6.07, 6.45) is 0. The lowest BCUT2D eigenvalue weighted by Crippen LogP contribution is -2.32. The maximum atomic E-state index is 12.3. The first kappa shape index (κ1) is 13.3. The van der Waals surface area contributed by atoms with Gasteiger partial charge in [0, 0.05) is 25.8 Å². The molecule has 17 heavy (non-hydrogen) atoms. The average Bonchev–Trinajstić information content (AvgIpc) is 2.34. The number of benzene rings is 1. The second kappa shape index (κ2) is 6.09. The minimum absolute atomic E-state index is 0.0421. The van der Waals surface area contributed by atoms with E-state index in [0.29, 0.717) is 18.7 Å². The minimum Gasteiger partial charge on any atom is -0.387 e. The molecule has 0 saturated heterocycles. The largest absolute Gasteiger partial charge is 0.387 e. The van der Waals surface area contributed by atoms with Gasteiger partial charge in [0.15, 0.2) is 0 Å². The Balaban J connectivity index is 2.97. The van der Waals surface area contributed by atoms with Crippen molar-refractivity contribution in [3.63, 3.8) is 0 Å². The zero-order valence-electron chi connectivity index (χ0n) is 10.8. The molecule has 1 aromatic carbocycles. The van der Waals surface area contributed by atoms with Crippen molar-refractivity contribution in [2.75, 3.05) is 25.5 Å². The SMILES string of the molecule is C=C(C)CN(CC)C(=O)c1ccccc1NC. The zero-order valence-corrected chi connectivity index (χ0v) is 10.8. The lowest BCUT2D eigenvalue weighted by Gasteiger charge is -2.22. The van der Waals surface area contributed by atoms with Crippen LogP contribution in [0.1, 0.15) is 24.2 Å². The molecule has 0 bridgehead atoms. The van der Waals surface area contributed by atoms with Gasteiger partial charge < -0.3 is 10.2 Å². The van der Waals surface area contributed by atoms with Crippen molar-refractivity contribution >= 4 is 11.6 Å². The highest BCUT2D eigenvalue weighted by molar-refractivity contribution is 5.99. The number of anilines is 1. The average molecular weight is 232 g/mol. The highest BCUT2D eigenvalue weighted by atomic mass is 16.2. The summed E-state index contributed by atoms with van der Waals surface area (Å²) in [5.74, 6) is 0.0421. The maximum absolute atomic E-state index is 12.3. The van der Waals surface area contributed by atoms with Crippen molar-refractivity contribution in [2.24, 2.45) is 0 Å². The van der Waals surface area contributed by atoms with Gasteiger partial charge in [-0.15, -0.1) is 0 Å². The van der Waals surface area contributed by atoms with Crippen molar-refractivity contribution < 1.29 is 4.79 Å². The lowest BCUT2D eigenvalue weighted by molar-refractivity contribution is 0.0779. The number of nitrogens with zero attached hydrogens (tertiary/aromatic N) is 1. The van der Waals surface area contributed by atoms with Gasteiger partial charge in [0.25, 0.3) is 5.91 Å². The first-order valence-corrected chi connectivity index (χ1v) is 5.80. The molecule has 0 atom stereocenters. The van der Waals surface area contributed by atoms with E-state index < -0.39 is 0 Å². The third kappa shape index (κ3) is 3.34. The molecule has 1 aromatic rings. The first-order chi connectivity index (χ1) is 8.10. The Hall–Kier alpha value is -1.77. The van der Waals surface area contributed by atoms with Gasteiger partial charge in [-0.2, -0.15) is 0 Å². The second-order valence-corrected chi connectivity index (χ2v) is 4.07. The number of likely N-dealkylation sites (N-methyl/N-ethyl adjacent to an activating group) is 1. The molecule has 0 saturated carbocycles. The molecule has 1 amide bonds. The second-order valence-electron chi connectivity index (χ2n) is 4.07. The molecule has 1 rings (SSSR count). The third-order valence-electron chi connectivity index (χ3n) is 2.56. The molecule has 1 N–H and O–H groups in total. The summed E-state index contributed by atoms with van der Waals surface area (Å²) in [4.78, 5) is 14.1. The van der Waals surface area contributed by atoms with Crippen LogP contribution in [-0.4, -0.2) is 30.9 Å². The van der Waals surface area contributed by atoms with E-state index in [1.54, 1.807) is 4.90 Å². The minimum atomic E-state index is 0.0421. The molecule has 3 heteroatoms. The number of carbonyl (C=O) groups excluding carboxylic acids is 1. The van der Waals surface area contributed by atoms with Gasteiger partial charge in [-0.25, -0.2) is 0 Å². The van der Waals surface area contributed by atoms with Crippen molar-refractivity contribution in [2.45, 2.75) is 13.8 Å². The van der Waals surface area contributed by atoms with Gasteiger partial charge >= 0.3 is 0 Å². The van der Waals surface area contributed by atoms with Crippen LogP contribution in [0.4, 0.5) is 5.69 Å². The summed E-state index contributed by atoms with van der Waals surface area (Å²) >= 11 is 0. The number of hydrogen-bond acceptors (Lipinski definition) is 2. The Bertz CT molecular complexity index is 412. The highest BCUT2D eigenvalue weighted by Crippen LogP contribution is 2.16. The van der Waals surface area contributed by atoms with Crippen LogP contribution in [0.5, 0.6) is 0 Å². The maximum Gasteiger partial charge on any atom is 0.256 e. The van der Waals surface area contributed by atoms with Gasteiger partial charge in [0.2, 0.25) is 0 Å². The number of nitrogens with one attached hydrogen (secondary N) is 1. The van der Waals surface area contributed by atoms with E-state index in [4.69, 9.17) is 0 Å². The molecule has 0 unspecified atom stereocenters. The van der Waals surface area contributed by atoms with E-state index in [2.05, 4.69) is 11.9 Å². The Kier molecular flexibility index (Phi) is 4.76. The normalized spacial score (nSPS) is 9.82. The van der Waals surface area contributed by atoms with E-state index in [0.717, 1.165) is 11.3 Å². The molecule has 3 nitrogen and oxygen atoms in total. The smallest absolute Gasteiger partial charge is 0.256 e. The predicted octanol–water partition coefficient (Wildman–Crippen LogP) is 2.77. The van der Waals surface area contributed by atoms with Gasteiger partial charge in [-0.3, -0.25) is 4.79 Å². The fraction of sp³-hybridized carbons (Fsp3) is 0.357. The number of rotatable bonds is 5. The molecular weight excluding hydrogens is 212 g/mol. The van der Waals surface area contributed by atoms with Gasteiger partial charge in [-0.1, -0.05) is 24.3 Å². The van der Waals surface area contributed by atoms with Crippen LogP contribution >= 0.6 is 0 Å². The Morgan fingerprint density at radius 2 is 2.06 bits per heavy atom. The molecule has 0 aromatic heterocycles. The van der Waals surface area contributed by atoms with Crippen LogP contribution in [0.3, 0.4) is 0 Å². The Morgan fingerprint density at radius 3 is 2.59 bits per heavy atom. The van der Waals surface area contributed by atoms with Crippen molar-refractivity contribution in [1.82, 2.24) is 4.90 Å². The van der Waals surface area contributed by atoms with Crippen LogP contribution in [0.15, 0.2) is 36.4 Å². The van der Waals surface area contributed by atoms with Gasteiger partial charge in [-0.05, 0) is 26.0 Å². The van der Waals surface area contributed by atoms with E-state index in [1.807, 2.05) is 45.2 Å². The molecule has 0 aliphatic carbocycles. The van der Waals surface area contributed by atoms with Crippen LogP contribution in [0.2, 0.25) is 0 Å². The lowest BCUT2D eigenvalue weighted by atomic mass is 10.1. The van der Waals surface area contributed by atoms with E-state index in [9.17, 15) is 4.79 Å². The van der Waals surface area contributed by atoms with Gasteiger partial charge in [0.05, 0.1) is 5.56 Å². The fourth-order valence-electron chi connectivity index (χ4n) is 1.71.